The van der Waals surface area contributed by atoms with Gasteiger partial charge in [-0.05, 0) is 19.4 Å². The van der Waals surface area contributed by atoms with Crippen LogP contribution in [0.25, 0.3) is 11.4 Å². The molecule has 0 fully saturated rings. The van der Waals surface area contributed by atoms with E-state index in [1.165, 1.54) is 11.8 Å². The molecular weight excluding hydrogens is 356 g/mol. The van der Waals surface area contributed by atoms with E-state index in [9.17, 15) is 4.79 Å². The Morgan fingerprint density at radius 2 is 1.59 bits per heavy atom. The summed E-state index contributed by atoms with van der Waals surface area (Å²) in [5, 5.41) is 9.08. The van der Waals surface area contributed by atoms with Crippen LogP contribution in [0.4, 0.5) is 0 Å². The fraction of sp³-hybridized carbons (Fsp3) is 0.286. The van der Waals surface area contributed by atoms with E-state index < -0.39 is 0 Å². The molecule has 0 saturated heterocycles. The van der Waals surface area contributed by atoms with Gasteiger partial charge in [-0.3, -0.25) is 4.79 Å². The van der Waals surface area contributed by atoms with Crippen LogP contribution in [0.1, 0.15) is 24.7 Å². The molecule has 1 heterocycles. The Hall–Kier alpha value is -2.60. The van der Waals surface area contributed by atoms with Gasteiger partial charge in [0.2, 0.25) is 5.91 Å². The van der Waals surface area contributed by atoms with Gasteiger partial charge in [0.15, 0.2) is 11.0 Å². The molecule has 3 rings (SSSR count). The summed E-state index contributed by atoms with van der Waals surface area (Å²) >= 11 is 1.45. The van der Waals surface area contributed by atoms with Gasteiger partial charge >= 0.3 is 0 Å². The Labute approximate surface area is 164 Å². The Balaban J connectivity index is 1.93. The maximum absolute atomic E-state index is 13.1. The lowest BCUT2D eigenvalue weighted by Gasteiger charge is -2.24. The second kappa shape index (κ2) is 8.86. The summed E-state index contributed by atoms with van der Waals surface area (Å²) in [6.45, 7) is 5.38. The predicted octanol–water partition coefficient (Wildman–Crippen LogP) is 4.18. The number of carbonyl (C=O) groups is 1. The van der Waals surface area contributed by atoms with Gasteiger partial charge in [0.05, 0.1) is 0 Å². The van der Waals surface area contributed by atoms with E-state index in [4.69, 9.17) is 0 Å². The van der Waals surface area contributed by atoms with Gasteiger partial charge < -0.3 is 9.47 Å². The molecule has 2 aromatic carbocycles. The van der Waals surface area contributed by atoms with Crippen LogP contribution in [0.5, 0.6) is 0 Å². The molecule has 0 radical (unpaired) electrons. The van der Waals surface area contributed by atoms with Crippen LogP contribution in [0.2, 0.25) is 0 Å². The van der Waals surface area contributed by atoms with E-state index in [1.807, 2.05) is 91.0 Å². The van der Waals surface area contributed by atoms with Crippen LogP contribution in [0.3, 0.4) is 0 Å². The molecule has 0 aliphatic carbocycles. The highest BCUT2D eigenvalue weighted by Crippen LogP contribution is 2.36. The number of hydrogen-bond acceptors (Lipinski definition) is 4. The molecule has 140 valence electrons. The minimum Gasteiger partial charge on any atom is -0.342 e. The molecule has 1 aromatic heterocycles. The van der Waals surface area contributed by atoms with E-state index in [2.05, 4.69) is 10.2 Å². The molecule has 0 aliphatic rings. The highest BCUT2D eigenvalue weighted by atomic mass is 32.2. The molecule has 0 saturated carbocycles. The Kier molecular flexibility index (Phi) is 6.29. The molecule has 6 heteroatoms. The third-order valence-corrected chi connectivity index (χ3v) is 5.77. The van der Waals surface area contributed by atoms with Crippen LogP contribution >= 0.6 is 11.8 Å². The average Bonchev–Trinajstić information content (AvgIpc) is 3.08. The summed E-state index contributed by atoms with van der Waals surface area (Å²) in [7, 11) is 1.94. The molecule has 3 aromatic rings. The van der Waals surface area contributed by atoms with Crippen LogP contribution in [0, 0.1) is 0 Å². The molecule has 0 bridgehead atoms. The number of rotatable bonds is 7. The van der Waals surface area contributed by atoms with E-state index >= 15 is 0 Å². The zero-order chi connectivity index (χ0) is 19.2. The van der Waals surface area contributed by atoms with Gasteiger partial charge in [0, 0.05) is 25.7 Å². The second-order valence-electron chi connectivity index (χ2n) is 6.15. The molecular formula is C21H24N4OS. The molecule has 0 aliphatic heterocycles. The number of likely N-dealkylation sites (N-methyl/N-ethyl adjacent to an activating group) is 1. The van der Waals surface area contributed by atoms with Crippen molar-refractivity contribution in [1.29, 1.82) is 0 Å². The summed E-state index contributed by atoms with van der Waals surface area (Å²) in [6, 6.07) is 19.8. The van der Waals surface area contributed by atoms with Crippen LogP contribution < -0.4 is 0 Å². The Bertz CT molecular complexity index is 876. The van der Waals surface area contributed by atoms with Crippen LogP contribution in [-0.4, -0.2) is 38.7 Å². The average molecular weight is 381 g/mol. The van der Waals surface area contributed by atoms with Crippen molar-refractivity contribution in [2.45, 2.75) is 24.3 Å². The van der Waals surface area contributed by atoms with Crippen molar-refractivity contribution < 1.29 is 4.79 Å². The number of benzene rings is 2. The predicted molar refractivity (Wildman–Crippen MR) is 109 cm³/mol. The SMILES string of the molecule is CCN(CC)C(=O)[C@H](Sc1nnc(-c2ccccc2)n1C)c1ccccc1. The zero-order valence-electron chi connectivity index (χ0n) is 15.9. The normalized spacial score (nSPS) is 12.0. The quantitative estimate of drug-likeness (QED) is 0.577. The first kappa shape index (κ1) is 19.2. The van der Waals surface area contributed by atoms with E-state index in [-0.39, 0.29) is 11.2 Å². The van der Waals surface area contributed by atoms with Crippen molar-refractivity contribution in [2.24, 2.45) is 7.05 Å². The molecule has 0 spiro atoms. The van der Waals surface area contributed by atoms with Crippen LogP contribution in [-0.2, 0) is 11.8 Å². The number of hydrogen-bond donors (Lipinski definition) is 0. The summed E-state index contributed by atoms with van der Waals surface area (Å²) in [5.41, 5.74) is 1.98. The van der Waals surface area contributed by atoms with Crippen molar-refractivity contribution in [1.82, 2.24) is 19.7 Å². The number of nitrogens with zero attached hydrogens (tertiary/aromatic N) is 4. The van der Waals surface area contributed by atoms with Gasteiger partial charge in [-0.1, -0.05) is 72.4 Å². The van der Waals surface area contributed by atoms with Crippen molar-refractivity contribution in [3.63, 3.8) is 0 Å². The maximum atomic E-state index is 13.1. The molecule has 0 N–H and O–H groups in total. The van der Waals surface area contributed by atoms with Gasteiger partial charge in [0.25, 0.3) is 0 Å². The third kappa shape index (κ3) is 4.22. The first-order valence-electron chi connectivity index (χ1n) is 9.10. The number of thioether (sulfide) groups is 1. The lowest BCUT2D eigenvalue weighted by Crippen LogP contribution is -2.34. The standard InChI is InChI=1S/C21H24N4OS/c1-4-25(5-2)20(26)18(16-12-8-6-9-13-16)27-21-23-22-19(24(21)3)17-14-10-7-11-15-17/h6-15,18H,4-5H2,1-3H3/t18-/m1/s1. The number of carbonyl (C=O) groups excluding carboxylic acids is 1. The first-order valence-corrected chi connectivity index (χ1v) is 9.98. The van der Waals surface area contributed by atoms with Crippen LogP contribution in [0.15, 0.2) is 65.8 Å². The molecule has 0 unspecified atom stereocenters. The fourth-order valence-electron chi connectivity index (χ4n) is 2.95. The Morgan fingerprint density at radius 3 is 2.19 bits per heavy atom. The third-order valence-electron chi connectivity index (χ3n) is 4.49. The van der Waals surface area contributed by atoms with E-state index in [1.54, 1.807) is 0 Å². The van der Waals surface area contributed by atoms with Gasteiger partial charge in [0.1, 0.15) is 5.25 Å². The summed E-state index contributed by atoms with van der Waals surface area (Å²) < 4.78 is 1.95. The Morgan fingerprint density at radius 1 is 1.00 bits per heavy atom. The van der Waals surface area contributed by atoms with Crippen molar-refractivity contribution in [3.05, 3.63) is 66.2 Å². The minimum atomic E-state index is -0.349. The lowest BCUT2D eigenvalue weighted by atomic mass is 10.1. The van der Waals surface area contributed by atoms with Crippen molar-refractivity contribution >= 4 is 17.7 Å². The summed E-state index contributed by atoms with van der Waals surface area (Å²) in [6.07, 6.45) is 0. The fourth-order valence-corrected chi connectivity index (χ4v) is 4.04. The van der Waals surface area contributed by atoms with Gasteiger partial charge in [-0.2, -0.15) is 0 Å². The maximum Gasteiger partial charge on any atom is 0.240 e. The monoisotopic (exact) mass is 380 g/mol. The smallest absolute Gasteiger partial charge is 0.240 e. The number of amides is 1. The molecule has 1 atom stereocenters. The largest absolute Gasteiger partial charge is 0.342 e. The minimum absolute atomic E-state index is 0.0976. The molecule has 5 nitrogen and oxygen atoms in total. The zero-order valence-corrected chi connectivity index (χ0v) is 16.7. The topological polar surface area (TPSA) is 51.0 Å². The van der Waals surface area contributed by atoms with Crippen molar-refractivity contribution in [3.8, 4) is 11.4 Å². The van der Waals surface area contributed by atoms with E-state index in [0.717, 1.165) is 22.1 Å². The lowest BCUT2D eigenvalue weighted by molar-refractivity contribution is -0.130. The molecule has 27 heavy (non-hydrogen) atoms. The van der Waals surface area contributed by atoms with Gasteiger partial charge in [-0.25, -0.2) is 0 Å². The van der Waals surface area contributed by atoms with Gasteiger partial charge in [-0.15, -0.1) is 10.2 Å². The summed E-state index contributed by atoms with van der Waals surface area (Å²) in [5.74, 6) is 0.890. The summed E-state index contributed by atoms with van der Waals surface area (Å²) in [4.78, 5) is 15.0. The highest BCUT2D eigenvalue weighted by molar-refractivity contribution is 8.00. The highest BCUT2D eigenvalue weighted by Gasteiger charge is 2.28. The van der Waals surface area contributed by atoms with E-state index in [0.29, 0.717) is 13.1 Å². The second-order valence-corrected chi connectivity index (χ2v) is 7.22. The number of aromatic nitrogens is 3. The first-order chi connectivity index (χ1) is 13.2. The molecule has 1 amide bonds. The van der Waals surface area contributed by atoms with Crippen molar-refractivity contribution in [2.75, 3.05) is 13.1 Å².